The number of nitrogens with zero attached hydrogens (tertiary/aromatic N) is 2. The molecule has 4 rings (SSSR count). The predicted octanol–water partition coefficient (Wildman–Crippen LogP) is 6.43. The fourth-order valence-electron chi connectivity index (χ4n) is 3.57. The first-order chi connectivity index (χ1) is 17.1. The largest absolute Gasteiger partial charge is 0.505 e. The molecule has 184 valence electrons. The van der Waals surface area contributed by atoms with Gasteiger partial charge in [0.05, 0.1) is 17.7 Å². The van der Waals surface area contributed by atoms with Crippen LogP contribution >= 0.6 is 11.6 Å². The molecule has 1 amide bonds. The van der Waals surface area contributed by atoms with E-state index >= 15 is 0 Å². The van der Waals surface area contributed by atoms with Crippen molar-refractivity contribution >= 4 is 55.5 Å². The van der Waals surface area contributed by atoms with Gasteiger partial charge in [0.15, 0.2) is 5.75 Å². The number of halogens is 1. The Morgan fingerprint density at radius 3 is 2.50 bits per heavy atom. The average Bonchev–Trinajstić information content (AvgIpc) is 2.84. The number of methoxy groups -OCH3 is 1. The van der Waals surface area contributed by atoms with Gasteiger partial charge in [0.1, 0.15) is 22.0 Å². The van der Waals surface area contributed by atoms with Crippen LogP contribution in [-0.2, 0) is 10.1 Å². The van der Waals surface area contributed by atoms with Gasteiger partial charge >= 0.3 is 0 Å². The van der Waals surface area contributed by atoms with Crippen LogP contribution in [0.25, 0.3) is 10.8 Å². The van der Waals surface area contributed by atoms with Crippen molar-refractivity contribution < 1.29 is 27.6 Å². The summed E-state index contributed by atoms with van der Waals surface area (Å²) in [6, 6.07) is 17.9. The second-order valence-electron chi connectivity index (χ2n) is 7.80. The van der Waals surface area contributed by atoms with Gasteiger partial charge in [-0.1, -0.05) is 41.9 Å². The van der Waals surface area contributed by atoms with Gasteiger partial charge in [0.25, 0.3) is 16.0 Å². The molecule has 0 atom stereocenters. The summed E-state index contributed by atoms with van der Waals surface area (Å²) in [5, 5.41) is 22.7. The summed E-state index contributed by atoms with van der Waals surface area (Å²) >= 11 is 6.16. The lowest BCUT2D eigenvalue weighted by Crippen LogP contribution is -2.12. The number of anilines is 1. The Labute approximate surface area is 211 Å². The highest BCUT2D eigenvalue weighted by Gasteiger charge is 2.21. The highest BCUT2D eigenvalue weighted by Crippen LogP contribution is 2.41. The summed E-state index contributed by atoms with van der Waals surface area (Å²) in [4.78, 5) is 12.5. The zero-order valence-corrected chi connectivity index (χ0v) is 20.6. The third-order valence-electron chi connectivity index (χ3n) is 5.27. The quantitative estimate of drug-likeness (QED) is 0.196. The van der Waals surface area contributed by atoms with Gasteiger partial charge in [-0.2, -0.15) is 8.42 Å². The molecule has 0 unspecified atom stereocenters. The third-order valence-corrected chi connectivity index (χ3v) is 6.65. The second-order valence-corrected chi connectivity index (χ2v) is 9.57. The molecular weight excluding hydrogens is 506 g/mol. The van der Waals surface area contributed by atoms with E-state index in [9.17, 15) is 22.9 Å². The first-order valence-corrected chi connectivity index (χ1v) is 12.3. The molecule has 0 aliphatic heterocycles. The minimum absolute atomic E-state index is 0.0186. The molecular formula is C25H20ClN3O6S. The number of phenolic OH excluding ortho intramolecular Hbond substituents is 1. The number of amides is 1. The number of ether oxygens (including phenoxy) is 1. The SMILES string of the molecule is COc1cccc(NC(=O)c2cc3ccccc3c(N=Nc3cc(C)cc(S(=O)(=O)O)c3Cl)c2O)c1. The lowest BCUT2D eigenvalue weighted by atomic mass is 10.0. The Morgan fingerprint density at radius 1 is 1.03 bits per heavy atom. The normalized spacial score (nSPS) is 11.7. The number of nitrogens with one attached hydrogen (secondary N) is 1. The molecule has 0 radical (unpaired) electrons. The van der Waals surface area contributed by atoms with Crippen molar-refractivity contribution in [2.24, 2.45) is 10.2 Å². The molecule has 0 aliphatic carbocycles. The van der Waals surface area contributed by atoms with E-state index < -0.39 is 26.7 Å². The van der Waals surface area contributed by atoms with Gasteiger partial charge in [-0.15, -0.1) is 10.2 Å². The van der Waals surface area contributed by atoms with E-state index in [0.717, 1.165) is 0 Å². The van der Waals surface area contributed by atoms with E-state index in [4.69, 9.17) is 16.3 Å². The molecule has 0 saturated heterocycles. The number of azo groups is 1. The molecule has 36 heavy (non-hydrogen) atoms. The van der Waals surface area contributed by atoms with Crippen LogP contribution in [0.5, 0.6) is 11.5 Å². The van der Waals surface area contributed by atoms with Crippen molar-refractivity contribution in [1.29, 1.82) is 0 Å². The summed E-state index contributed by atoms with van der Waals surface area (Å²) in [6.07, 6.45) is 0. The molecule has 0 aromatic heterocycles. The highest BCUT2D eigenvalue weighted by molar-refractivity contribution is 7.86. The molecule has 0 saturated carbocycles. The Balaban J connectivity index is 1.81. The third kappa shape index (κ3) is 5.15. The van der Waals surface area contributed by atoms with Crippen LogP contribution in [0.4, 0.5) is 17.1 Å². The number of aromatic hydroxyl groups is 1. The zero-order chi connectivity index (χ0) is 26.0. The van der Waals surface area contributed by atoms with Gasteiger partial charge in [0.2, 0.25) is 0 Å². The van der Waals surface area contributed by atoms with Crippen LogP contribution in [0.2, 0.25) is 5.02 Å². The zero-order valence-electron chi connectivity index (χ0n) is 19.1. The van der Waals surface area contributed by atoms with Crippen molar-refractivity contribution in [2.75, 3.05) is 12.4 Å². The van der Waals surface area contributed by atoms with E-state index in [-0.39, 0.29) is 22.0 Å². The van der Waals surface area contributed by atoms with Gasteiger partial charge < -0.3 is 15.2 Å². The van der Waals surface area contributed by atoms with Gasteiger partial charge in [-0.25, -0.2) is 0 Å². The first kappa shape index (κ1) is 25.1. The molecule has 4 aromatic rings. The maximum atomic E-state index is 13.1. The van der Waals surface area contributed by atoms with E-state index in [1.807, 2.05) is 0 Å². The van der Waals surface area contributed by atoms with Crippen molar-refractivity contribution in [3.63, 3.8) is 0 Å². The Bertz CT molecular complexity index is 1640. The number of benzene rings is 4. The van der Waals surface area contributed by atoms with Gasteiger partial charge in [-0.3, -0.25) is 9.35 Å². The number of aryl methyl sites for hydroxylation is 1. The second kappa shape index (κ2) is 9.94. The van der Waals surface area contributed by atoms with E-state index in [1.165, 1.54) is 25.3 Å². The molecule has 0 aliphatic rings. The Hall–Kier alpha value is -3.99. The summed E-state index contributed by atoms with van der Waals surface area (Å²) < 4.78 is 38.0. The van der Waals surface area contributed by atoms with Crippen molar-refractivity contribution in [1.82, 2.24) is 0 Å². The average molecular weight is 526 g/mol. The van der Waals surface area contributed by atoms with Crippen LogP contribution in [0.1, 0.15) is 15.9 Å². The lowest BCUT2D eigenvalue weighted by molar-refractivity contribution is 0.102. The molecule has 0 heterocycles. The number of rotatable bonds is 6. The standard InChI is InChI=1S/C25H20ClN3O6S/c1-14-10-20(22(26)21(11-14)36(32,33)34)28-29-23-18-9-4-3-6-15(18)12-19(24(23)30)25(31)27-16-7-5-8-17(13-16)35-2/h3-13,30H,1-2H3,(H,27,31)(H,32,33,34). The molecule has 3 N–H and O–H groups in total. The number of carbonyl (C=O) groups excluding carboxylic acids is 1. The minimum atomic E-state index is -4.60. The number of hydrogen-bond donors (Lipinski definition) is 3. The highest BCUT2D eigenvalue weighted by atomic mass is 35.5. The van der Waals surface area contributed by atoms with E-state index in [1.54, 1.807) is 55.5 Å². The van der Waals surface area contributed by atoms with Gasteiger partial charge in [-0.05, 0) is 48.2 Å². The maximum Gasteiger partial charge on any atom is 0.296 e. The maximum absolute atomic E-state index is 13.1. The van der Waals surface area contributed by atoms with Crippen molar-refractivity contribution in [3.8, 4) is 11.5 Å². The molecule has 9 nitrogen and oxygen atoms in total. The topological polar surface area (TPSA) is 138 Å². The fourth-order valence-corrected chi connectivity index (χ4v) is 4.68. The monoisotopic (exact) mass is 525 g/mol. The molecule has 0 fully saturated rings. The molecule has 0 spiro atoms. The number of carbonyl (C=O) groups is 1. The van der Waals surface area contributed by atoms with Crippen LogP contribution in [-0.4, -0.2) is 31.1 Å². The van der Waals surface area contributed by atoms with Crippen LogP contribution in [0.3, 0.4) is 0 Å². The Kier molecular flexibility index (Phi) is 6.93. The lowest BCUT2D eigenvalue weighted by Gasteiger charge is -2.12. The minimum Gasteiger partial charge on any atom is -0.505 e. The van der Waals surface area contributed by atoms with E-state index in [2.05, 4.69) is 15.5 Å². The number of phenols is 1. The molecule has 0 bridgehead atoms. The summed E-state index contributed by atoms with van der Waals surface area (Å²) in [5.74, 6) is -0.480. The molecule has 11 heteroatoms. The van der Waals surface area contributed by atoms with Crippen LogP contribution < -0.4 is 10.1 Å². The summed E-state index contributed by atoms with van der Waals surface area (Å²) in [5.41, 5.74) is 0.800. The first-order valence-electron chi connectivity index (χ1n) is 10.5. The predicted molar refractivity (Wildman–Crippen MR) is 137 cm³/mol. The summed E-state index contributed by atoms with van der Waals surface area (Å²) in [6.45, 7) is 1.60. The Morgan fingerprint density at radius 2 is 1.78 bits per heavy atom. The molecule has 4 aromatic carbocycles. The fraction of sp³-hybridized carbons (Fsp3) is 0.0800. The summed E-state index contributed by atoms with van der Waals surface area (Å²) in [7, 11) is -3.10. The van der Waals surface area contributed by atoms with Crippen molar-refractivity contribution in [2.45, 2.75) is 11.8 Å². The van der Waals surface area contributed by atoms with Crippen LogP contribution in [0.15, 0.2) is 81.9 Å². The smallest absolute Gasteiger partial charge is 0.296 e. The van der Waals surface area contributed by atoms with Gasteiger partial charge in [0, 0.05) is 17.1 Å². The number of hydrogen-bond acceptors (Lipinski definition) is 7. The van der Waals surface area contributed by atoms with Crippen LogP contribution in [0, 0.1) is 6.92 Å². The van der Waals surface area contributed by atoms with Crippen molar-refractivity contribution in [3.05, 3.63) is 82.9 Å². The van der Waals surface area contributed by atoms with E-state index in [0.29, 0.717) is 27.8 Å². The number of fused-ring (bicyclic) bond motifs is 1.